The molecule has 1 aliphatic heterocycles. The van der Waals surface area contributed by atoms with Gasteiger partial charge in [-0.3, -0.25) is 9.69 Å². The number of amides is 2. The first-order valence-electron chi connectivity index (χ1n) is 5.45. The van der Waals surface area contributed by atoms with Crippen LogP contribution in [-0.2, 0) is 9.53 Å². The zero-order valence-corrected chi connectivity index (χ0v) is 10.8. The molecule has 18 heavy (non-hydrogen) atoms. The van der Waals surface area contributed by atoms with Crippen LogP contribution in [0.4, 0.5) is 10.5 Å². The van der Waals surface area contributed by atoms with Gasteiger partial charge in [-0.05, 0) is 30.7 Å². The van der Waals surface area contributed by atoms with E-state index in [1.165, 1.54) is 11.9 Å². The van der Waals surface area contributed by atoms with Gasteiger partial charge in [-0.2, -0.15) is 0 Å². The monoisotopic (exact) mass is 268 g/mol. The fourth-order valence-electron chi connectivity index (χ4n) is 1.73. The van der Waals surface area contributed by atoms with Gasteiger partial charge in [-0.25, -0.2) is 4.79 Å². The maximum absolute atomic E-state index is 12.0. The van der Waals surface area contributed by atoms with E-state index in [0.717, 1.165) is 5.56 Å². The Kier molecular flexibility index (Phi) is 3.43. The molecule has 1 aromatic rings. The summed E-state index contributed by atoms with van der Waals surface area (Å²) in [6, 6.07) is 4.60. The molecule has 0 bridgehead atoms. The van der Waals surface area contributed by atoms with Gasteiger partial charge < -0.3 is 10.1 Å². The van der Waals surface area contributed by atoms with E-state index in [4.69, 9.17) is 16.3 Å². The molecule has 1 heterocycles. The SMILES string of the molecule is Cc1cc(Cl)ccc1NC(=O)C1COC(=O)N1C. The Balaban J connectivity index is 2.10. The van der Waals surface area contributed by atoms with E-state index >= 15 is 0 Å². The molecule has 0 radical (unpaired) electrons. The summed E-state index contributed by atoms with van der Waals surface area (Å²) in [5.41, 5.74) is 1.54. The molecule has 0 spiro atoms. The molecule has 1 aliphatic rings. The molecule has 2 rings (SSSR count). The zero-order chi connectivity index (χ0) is 13.3. The molecule has 0 aliphatic carbocycles. The van der Waals surface area contributed by atoms with E-state index in [0.29, 0.717) is 10.7 Å². The molecule has 1 atom stereocenters. The minimum absolute atomic E-state index is 0.0772. The van der Waals surface area contributed by atoms with Crippen LogP contribution in [0.2, 0.25) is 5.02 Å². The van der Waals surface area contributed by atoms with E-state index in [-0.39, 0.29) is 12.5 Å². The topological polar surface area (TPSA) is 58.6 Å². The number of carbonyl (C=O) groups excluding carboxylic acids is 2. The second-order valence-corrected chi connectivity index (χ2v) is 4.59. The number of rotatable bonds is 2. The van der Waals surface area contributed by atoms with Gasteiger partial charge >= 0.3 is 6.09 Å². The number of ether oxygens (including phenoxy) is 1. The van der Waals surface area contributed by atoms with Gasteiger partial charge in [-0.15, -0.1) is 0 Å². The smallest absolute Gasteiger partial charge is 0.410 e. The second kappa shape index (κ2) is 4.86. The highest BCUT2D eigenvalue weighted by atomic mass is 35.5. The molecular formula is C12H13ClN2O3. The maximum Gasteiger partial charge on any atom is 0.410 e. The number of halogens is 1. The zero-order valence-electron chi connectivity index (χ0n) is 10.1. The number of hydrogen-bond donors (Lipinski definition) is 1. The molecule has 1 N–H and O–H groups in total. The number of benzene rings is 1. The van der Waals surface area contributed by atoms with Gasteiger partial charge in [0.25, 0.3) is 5.91 Å². The minimum atomic E-state index is -0.590. The summed E-state index contributed by atoms with van der Waals surface area (Å²) in [4.78, 5) is 24.4. The molecule has 1 saturated heterocycles. The fraction of sp³-hybridized carbons (Fsp3) is 0.333. The molecular weight excluding hydrogens is 256 g/mol. The van der Waals surface area contributed by atoms with Gasteiger partial charge in [0.05, 0.1) is 0 Å². The van der Waals surface area contributed by atoms with Gasteiger partial charge in [-0.1, -0.05) is 11.6 Å². The number of nitrogens with one attached hydrogen (secondary N) is 1. The number of anilines is 1. The second-order valence-electron chi connectivity index (χ2n) is 4.15. The van der Waals surface area contributed by atoms with Gasteiger partial charge in [0.15, 0.2) is 0 Å². The van der Waals surface area contributed by atoms with E-state index < -0.39 is 12.1 Å². The summed E-state index contributed by atoms with van der Waals surface area (Å²) >= 11 is 5.84. The van der Waals surface area contributed by atoms with Crippen LogP contribution in [0, 0.1) is 6.92 Å². The predicted molar refractivity (Wildman–Crippen MR) is 67.7 cm³/mol. The summed E-state index contributed by atoms with van der Waals surface area (Å²) in [5.74, 6) is -0.270. The van der Waals surface area contributed by atoms with Crippen molar-refractivity contribution >= 4 is 29.3 Å². The molecule has 1 unspecified atom stereocenters. The van der Waals surface area contributed by atoms with Crippen molar-refractivity contribution in [2.45, 2.75) is 13.0 Å². The molecule has 6 heteroatoms. The van der Waals surface area contributed by atoms with Crippen molar-refractivity contribution < 1.29 is 14.3 Å². The molecule has 0 aromatic heterocycles. The van der Waals surface area contributed by atoms with Crippen LogP contribution in [0.1, 0.15) is 5.56 Å². The van der Waals surface area contributed by atoms with Crippen molar-refractivity contribution in [2.75, 3.05) is 19.0 Å². The Bertz CT molecular complexity index is 504. The number of hydrogen-bond acceptors (Lipinski definition) is 3. The highest BCUT2D eigenvalue weighted by molar-refractivity contribution is 6.30. The summed E-state index contributed by atoms with van der Waals surface area (Å²) in [6.45, 7) is 1.93. The molecule has 96 valence electrons. The predicted octanol–water partition coefficient (Wildman–Crippen LogP) is 2.04. The van der Waals surface area contributed by atoms with Crippen molar-refractivity contribution in [2.24, 2.45) is 0 Å². The van der Waals surface area contributed by atoms with Gasteiger partial charge in [0.1, 0.15) is 12.6 Å². The van der Waals surface area contributed by atoms with Crippen molar-refractivity contribution in [3.63, 3.8) is 0 Å². The quantitative estimate of drug-likeness (QED) is 0.893. The highest BCUT2D eigenvalue weighted by Crippen LogP contribution is 2.20. The van der Waals surface area contributed by atoms with Crippen LogP contribution in [0.25, 0.3) is 0 Å². The summed E-state index contributed by atoms with van der Waals surface area (Å²) in [5, 5.41) is 3.37. The minimum Gasteiger partial charge on any atom is -0.447 e. The number of likely N-dealkylation sites (N-methyl/N-ethyl adjacent to an activating group) is 1. The molecule has 1 aromatic carbocycles. The van der Waals surface area contributed by atoms with Crippen LogP contribution >= 0.6 is 11.6 Å². The number of aryl methyl sites for hydroxylation is 1. The highest BCUT2D eigenvalue weighted by Gasteiger charge is 2.35. The summed E-state index contributed by atoms with van der Waals surface area (Å²) < 4.78 is 4.79. The Morgan fingerprint density at radius 2 is 2.28 bits per heavy atom. The summed E-state index contributed by atoms with van der Waals surface area (Å²) in [6.07, 6.45) is -0.483. The summed E-state index contributed by atoms with van der Waals surface area (Å²) in [7, 11) is 1.54. The van der Waals surface area contributed by atoms with Crippen LogP contribution in [0.3, 0.4) is 0 Å². The van der Waals surface area contributed by atoms with Gasteiger partial charge in [0, 0.05) is 17.8 Å². The largest absolute Gasteiger partial charge is 0.447 e. The maximum atomic E-state index is 12.0. The third kappa shape index (κ3) is 2.41. The fourth-order valence-corrected chi connectivity index (χ4v) is 1.95. The van der Waals surface area contributed by atoms with Crippen LogP contribution in [0.5, 0.6) is 0 Å². The lowest BCUT2D eigenvalue weighted by atomic mass is 10.2. The number of carbonyl (C=O) groups is 2. The lowest BCUT2D eigenvalue weighted by Crippen LogP contribution is -2.40. The number of cyclic esters (lactones) is 1. The van der Waals surface area contributed by atoms with Crippen LogP contribution in [0.15, 0.2) is 18.2 Å². The lowest BCUT2D eigenvalue weighted by molar-refractivity contribution is -0.119. The lowest BCUT2D eigenvalue weighted by Gasteiger charge is -2.16. The van der Waals surface area contributed by atoms with E-state index in [2.05, 4.69) is 5.32 Å². The average molecular weight is 269 g/mol. The Morgan fingerprint density at radius 3 is 2.83 bits per heavy atom. The van der Waals surface area contributed by atoms with Crippen LogP contribution in [-0.4, -0.2) is 36.6 Å². The van der Waals surface area contributed by atoms with Crippen molar-refractivity contribution in [3.05, 3.63) is 28.8 Å². The molecule has 5 nitrogen and oxygen atoms in total. The first kappa shape index (κ1) is 12.7. The third-order valence-corrected chi connectivity index (χ3v) is 3.10. The normalized spacial score (nSPS) is 18.7. The third-order valence-electron chi connectivity index (χ3n) is 2.87. The molecule has 2 amide bonds. The average Bonchev–Trinajstić information content (AvgIpc) is 2.64. The first-order valence-corrected chi connectivity index (χ1v) is 5.83. The van der Waals surface area contributed by atoms with Crippen LogP contribution < -0.4 is 5.32 Å². The molecule has 1 fully saturated rings. The Morgan fingerprint density at radius 1 is 1.56 bits per heavy atom. The van der Waals surface area contributed by atoms with Crippen molar-refractivity contribution in [1.29, 1.82) is 0 Å². The van der Waals surface area contributed by atoms with Gasteiger partial charge in [0.2, 0.25) is 0 Å². The first-order chi connectivity index (χ1) is 8.49. The van der Waals surface area contributed by atoms with E-state index in [1.807, 2.05) is 6.92 Å². The van der Waals surface area contributed by atoms with Crippen molar-refractivity contribution in [1.82, 2.24) is 4.90 Å². The standard InChI is InChI=1S/C12H13ClN2O3/c1-7-5-8(13)3-4-9(7)14-11(16)10-6-18-12(17)15(10)2/h3-5,10H,6H2,1-2H3,(H,14,16). The van der Waals surface area contributed by atoms with Crippen molar-refractivity contribution in [3.8, 4) is 0 Å². The Labute approximate surface area is 110 Å². The Hall–Kier alpha value is -1.75. The van der Waals surface area contributed by atoms with E-state index in [1.54, 1.807) is 18.2 Å². The van der Waals surface area contributed by atoms with E-state index in [9.17, 15) is 9.59 Å². The molecule has 0 saturated carbocycles. The number of nitrogens with zero attached hydrogens (tertiary/aromatic N) is 1.